The highest BCUT2D eigenvalue weighted by atomic mass is 35.5. The molecular formula is C17H23Cl2N3O. The zero-order valence-corrected chi connectivity index (χ0v) is 14.8. The van der Waals surface area contributed by atoms with E-state index in [0.29, 0.717) is 18.0 Å². The number of piperidine rings is 1. The summed E-state index contributed by atoms with van der Waals surface area (Å²) in [5.74, 6) is 0.511. The van der Waals surface area contributed by atoms with Gasteiger partial charge in [0.2, 0.25) is 0 Å². The fraction of sp³-hybridized carbons (Fsp3) is 0.412. The Morgan fingerprint density at radius 3 is 2.78 bits per heavy atom. The van der Waals surface area contributed by atoms with Crippen molar-refractivity contribution in [2.24, 2.45) is 11.7 Å². The average Bonchev–Trinajstić information content (AvgIpc) is 2.53. The number of para-hydroxylation sites is 1. The summed E-state index contributed by atoms with van der Waals surface area (Å²) in [6.45, 7) is 3.48. The van der Waals surface area contributed by atoms with E-state index in [1.165, 1.54) is 0 Å². The number of nitrogens with two attached hydrogens (primary N) is 1. The van der Waals surface area contributed by atoms with Crippen LogP contribution >= 0.6 is 24.8 Å². The van der Waals surface area contributed by atoms with Gasteiger partial charge < -0.3 is 10.6 Å². The van der Waals surface area contributed by atoms with E-state index in [0.717, 1.165) is 30.3 Å². The summed E-state index contributed by atoms with van der Waals surface area (Å²) in [4.78, 5) is 19.3. The quantitative estimate of drug-likeness (QED) is 0.898. The lowest BCUT2D eigenvalue weighted by Gasteiger charge is -2.39. The molecule has 0 spiro atoms. The number of carbonyl (C=O) groups is 1. The zero-order valence-electron chi connectivity index (χ0n) is 13.1. The van der Waals surface area contributed by atoms with Crippen LogP contribution in [0.4, 0.5) is 0 Å². The molecule has 23 heavy (non-hydrogen) atoms. The van der Waals surface area contributed by atoms with Gasteiger partial charge in [-0.25, -0.2) is 0 Å². The van der Waals surface area contributed by atoms with Crippen LogP contribution in [0.15, 0.2) is 36.5 Å². The molecule has 1 saturated heterocycles. The number of pyridine rings is 1. The van der Waals surface area contributed by atoms with Crippen molar-refractivity contribution in [3.05, 3.63) is 42.1 Å². The number of aromatic nitrogens is 1. The first-order valence-corrected chi connectivity index (χ1v) is 7.57. The number of hydrogen-bond donors (Lipinski definition) is 1. The predicted molar refractivity (Wildman–Crippen MR) is 98.5 cm³/mol. The van der Waals surface area contributed by atoms with Crippen LogP contribution in [0.2, 0.25) is 0 Å². The Balaban J connectivity index is 0.00000132. The van der Waals surface area contributed by atoms with Gasteiger partial charge in [-0.1, -0.05) is 25.1 Å². The van der Waals surface area contributed by atoms with Crippen LogP contribution in [0.5, 0.6) is 0 Å². The maximum atomic E-state index is 13.0. The normalized spacial score (nSPS) is 20.5. The Hall–Kier alpha value is -1.36. The SMILES string of the molecule is CC1CCCN(C(=O)c2cccc3cccnc23)C1CN.Cl.Cl. The smallest absolute Gasteiger partial charge is 0.256 e. The van der Waals surface area contributed by atoms with E-state index in [9.17, 15) is 4.79 Å². The van der Waals surface area contributed by atoms with Crippen molar-refractivity contribution in [2.75, 3.05) is 13.1 Å². The molecule has 2 unspecified atom stereocenters. The number of benzene rings is 1. The molecule has 1 amide bonds. The summed E-state index contributed by atoms with van der Waals surface area (Å²) >= 11 is 0. The third-order valence-electron chi connectivity index (χ3n) is 4.48. The van der Waals surface area contributed by atoms with Gasteiger partial charge in [-0.15, -0.1) is 24.8 Å². The Labute approximate surface area is 149 Å². The molecule has 0 saturated carbocycles. The summed E-state index contributed by atoms with van der Waals surface area (Å²) < 4.78 is 0. The van der Waals surface area contributed by atoms with Crippen LogP contribution in [0, 0.1) is 5.92 Å². The summed E-state index contributed by atoms with van der Waals surface area (Å²) in [5.41, 5.74) is 7.36. The molecule has 1 aliphatic heterocycles. The van der Waals surface area contributed by atoms with Crippen molar-refractivity contribution in [1.82, 2.24) is 9.88 Å². The number of halogens is 2. The average molecular weight is 356 g/mol. The first kappa shape index (κ1) is 19.7. The van der Waals surface area contributed by atoms with Gasteiger partial charge in [0.1, 0.15) is 0 Å². The van der Waals surface area contributed by atoms with E-state index < -0.39 is 0 Å². The molecule has 1 fully saturated rings. The largest absolute Gasteiger partial charge is 0.334 e. The Bertz CT molecular complexity index is 660. The molecule has 0 aliphatic carbocycles. The second-order valence-corrected chi connectivity index (χ2v) is 5.80. The fourth-order valence-electron chi connectivity index (χ4n) is 3.29. The highest BCUT2D eigenvalue weighted by molar-refractivity contribution is 6.05. The summed E-state index contributed by atoms with van der Waals surface area (Å²) in [7, 11) is 0. The zero-order chi connectivity index (χ0) is 14.8. The van der Waals surface area contributed by atoms with Gasteiger partial charge in [-0.05, 0) is 30.9 Å². The van der Waals surface area contributed by atoms with Crippen LogP contribution in [0.3, 0.4) is 0 Å². The fourth-order valence-corrected chi connectivity index (χ4v) is 3.29. The van der Waals surface area contributed by atoms with E-state index in [1.54, 1.807) is 6.20 Å². The van der Waals surface area contributed by atoms with Crippen LogP contribution in [0.1, 0.15) is 30.1 Å². The Morgan fingerprint density at radius 1 is 1.30 bits per heavy atom. The molecular weight excluding hydrogens is 333 g/mol. The Kier molecular flexibility index (Phi) is 7.26. The minimum atomic E-state index is 0. The van der Waals surface area contributed by atoms with Gasteiger partial charge in [-0.3, -0.25) is 9.78 Å². The highest BCUT2D eigenvalue weighted by Gasteiger charge is 2.31. The first-order valence-electron chi connectivity index (χ1n) is 7.57. The summed E-state index contributed by atoms with van der Waals surface area (Å²) in [5, 5.41) is 0.998. The van der Waals surface area contributed by atoms with Crippen LogP contribution < -0.4 is 5.73 Å². The van der Waals surface area contributed by atoms with Gasteiger partial charge in [0.05, 0.1) is 11.1 Å². The molecule has 2 heterocycles. The van der Waals surface area contributed by atoms with E-state index in [1.807, 2.05) is 35.2 Å². The molecule has 2 aromatic rings. The lowest BCUT2D eigenvalue weighted by atomic mass is 9.90. The van der Waals surface area contributed by atoms with Gasteiger partial charge in [0.25, 0.3) is 5.91 Å². The number of nitrogens with zero attached hydrogens (tertiary/aromatic N) is 2. The van der Waals surface area contributed by atoms with Crippen LogP contribution in [-0.2, 0) is 0 Å². The molecule has 1 aromatic carbocycles. The van der Waals surface area contributed by atoms with Gasteiger partial charge in [0, 0.05) is 30.7 Å². The minimum absolute atomic E-state index is 0. The van der Waals surface area contributed by atoms with Crippen molar-refractivity contribution in [3.63, 3.8) is 0 Å². The maximum absolute atomic E-state index is 13.0. The molecule has 0 bridgehead atoms. The third kappa shape index (κ3) is 3.77. The lowest BCUT2D eigenvalue weighted by Crippen LogP contribution is -2.51. The molecule has 1 aliphatic rings. The molecule has 126 valence electrons. The number of amides is 1. The number of fused-ring (bicyclic) bond motifs is 1. The number of carbonyl (C=O) groups excluding carboxylic acids is 1. The van der Waals surface area contributed by atoms with E-state index >= 15 is 0 Å². The van der Waals surface area contributed by atoms with Gasteiger partial charge in [0.15, 0.2) is 0 Å². The molecule has 6 heteroatoms. The topological polar surface area (TPSA) is 59.2 Å². The number of hydrogen-bond acceptors (Lipinski definition) is 3. The van der Waals surface area contributed by atoms with Crippen molar-refractivity contribution >= 4 is 41.6 Å². The van der Waals surface area contributed by atoms with Crippen LogP contribution in [-0.4, -0.2) is 34.9 Å². The van der Waals surface area contributed by atoms with E-state index in [4.69, 9.17) is 5.73 Å². The molecule has 2 atom stereocenters. The third-order valence-corrected chi connectivity index (χ3v) is 4.48. The number of likely N-dealkylation sites (tertiary alicyclic amines) is 1. The molecule has 4 nitrogen and oxygen atoms in total. The number of rotatable bonds is 2. The van der Waals surface area contributed by atoms with Crippen molar-refractivity contribution in [2.45, 2.75) is 25.8 Å². The maximum Gasteiger partial charge on any atom is 0.256 e. The van der Waals surface area contributed by atoms with Gasteiger partial charge in [-0.2, -0.15) is 0 Å². The van der Waals surface area contributed by atoms with Gasteiger partial charge >= 0.3 is 0 Å². The van der Waals surface area contributed by atoms with E-state index in [-0.39, 0.29) is 36.8 Å². The molecule has 0 radical (unpaired) electrons. The lowest BCUT2D eigenvalue weighted by molar-refractivity contribution is 0.0534. The molecule has 3 rings (SSSR count). The van der Waals surface area contributed by atoms with Crippen molar-refractivity contribution in [1.29, 1.82) is 0 Å². The first-order chi connectivity index (χ1) is 10.2. The summed E-state index contributed by atoms with van der Waals surface area (Å²) in [6, 6.07) is 9.77. The highest BCUT2D eigenvalue weighted by Crippen LogP contribution is 2.26. The minimum Gasteiger partial charge on any atom is -0.334 e. The Morgan fingerprint density at radius 2 is 2.04 bits per heavy atom. The molecule has 2 N–H and O–H groups in total. The van der Waals surface area contributed by atoms with Crippen molar-refractivity contribution in [3.8, 4) is 0 Å². The second kappa shape index (κ2) is 8.48. The van der Waals surface area contributed by atoms with Crippen LogP contribution in [0.25, 0.3) is 10.9 Å². The predicted octanol–water partition coefficient (Wildman–Crippen LogP) is 3.28. The van der Waals surface area contributed by atoms with Crippen molar-refractivity contribution < 1.29 is 4.79 Å². The standard InChI is InChI=1S/C17H21N3O.2ClH/c1-12-5-4-10-20(15(12)11-18)17(21)14-8-2-6-13-7-3-9-19-16(13)14;;/h2-3,6-9,12,15H,4-5,10-11,18H2,1H3;2*1H. The molecule has 1 aromatic heterocycles. The van der Waals surface area contributed by atoms with E-state index in [2.05, 4.69) is 11.9 Å². The second-order valence-electron chi connectivity index (χ2n) is 5.80. The summed E-state index contributed by atoms with van der Waals surface area (Å²) in [6.07, 6.45) is 3.92. The monoisotopic (exact) mass is 355 g/mol.